The Bertz CT molecular complexity index is 1320. The van der Waals surface area contributed by atoms with E-state index in [1.54, 1.807) is 7.11 Å². The van der Waals surface area contributed by atoms with E-state index in [1.807, 2.05) is 75.4 Å². The molecule has 244 valence electrons. The van der Waals surface area contributed by atoms with Crippen LogP contribution in [0.1, 0.15) is 46.1 Å². The number of rotatable bonds is 9. The summed E-state index contributed by atoms with van der Waals surface area (Å²) in [5, 5.41) is 11.3. The van der Waals surface area contributed by atoms with Crippen molar-refractivity contribution in [3.05, 3.63) is 60.2 Å². The van der Waals surface area contributed by atoms with Crippen LogP contribution in [0.2, 0.25) is 0 Å². The van der Waals surface area contributed by atoms with Crippen LogP contribution in [0.3, 0.4) is 0 Å². The smallest absolute Gasteiger partial charge is 0.243 e. The lowest BCUT2D eigenvalue weighted by Crippen LogP contribution is -2.57. The largest absolute Gasteiger partial charge is 0.497 e. The summed E-state index contributed by atoms with van der Waals surface area (Å²) in [6, 6.07) is 13.3. The van der Waals surface area contributed by atoms with Gasteiger partial charge in [-0.3, -0.25) is 24.0 Å². The molecule has 4 N–H and O–H groups in total. The first-order valence-corrected chi connectivity index (χ1v) is 16.3. The normalized spacial score (nSPS) is 22.0. The second-order valence-corrected chi connectivity index (χ2v) is 12.6. The zero-order chi connectivity index (χ0) is 32.9. The van der Waals surface area contributed by atoms with Gasteiger partial charge in [0.1, 0.15) is 23.9 Å². The van der Waals surface area contributed by atoms with Gasteiger partial charge >= 0.3 is 0 Å². The SMILES string of the molecule is CC[C@H]1CN(C(=O)CSc2cccc(OC)c2)CC(=O)N[C@H](C)C(=O)N[C@@H](CC(C)C)C(=O)N[C@@H](Cc2ccccc2)C(=O)N1. The van der Waals surface area contributed by atoms with Crippen LogP contribution in [0, 0.1) is 5.92 Å². The second-order valence-electron chi connectivity index (χ2n) is 11.6. The van der Waals surface area contributed by atoms with Crippen molar-refractivity contribution in [1.82, 2.24) is 26.2 Å². The predicted octanol–water partition coefficient (Wildman–Crippen LogP) is 2.29. The van der Waals surface area contributed by atoms with E-state index in [-0.39, 0.29) is 37.1 Å². The zero-order valence-corrected chi connectivity index (χ0v) is 27.4. The number of benzene rings is 2. The Labute approximate surface area is 269 Å². The lowest BCUT2D eigenvalue weighted by atomic mass is 10.0. The summed E-state index contributed by atoms with van der Waals surface area (Å²) in [6.07, 6.45) is 1.04. The molecule has 12 heteroatoms. The van der Waals surface area contributed by atoms with Crippen LogP contribution < -0.4 is 26.0 Å². The Hall–Kier alpha value is -4.06. The van der Waals surface area contributed by atoms with Gasteiger partial charge in [0.2, 0.25) is 29.5 Å². The highest BCUT2D eigenvalue weighted by Gasteiger charge is 2.31. The standard InChI is InChI=1S/C33H45N5O6S/c1-6-24-18-38(30(40)20-45-26-14-10-13-25(17-26)44-5)19-29(39)34-22(4)31(41)36-27(15-21(2)3)33(43)37-28(32(42)35-24)16-23-11-8-7-9-12-23/h7-14,17,21-22,24,27-28H,6,15-16,18-20H2,1-5H3,(H,34,39)(H,35,42)(H,36,41)(H,37,43)/t22-,24+,27+,28+/m1/s1. The quantitative estimate of drug-likeness (QED) is 0.308. The molecule has 0 aliphatic carbocycles. The van der Waals surface area contributed by atoms with Crippen molar-refractivity contribution < 1.29 is 28.7 Å². The van der Waals surface area contributed by atoms with Gasteiger partial charge in [0.25, 0.3) is 0 Å². The average molecular weight is 640 g/mol. The monoisotopic (exact) mass is 639 g/mol. The molecule has 1 heterocycles. The first-order chi connectivity index (χ1) is 21.5. The van der Waals surface area contributed by atoms with Gasteiger partial charge in [-0.1, -0.05) is 57.2 Å². The molecule has 45 heavy (non-hydrogen) atoms. The number of carbonyl (C=O) groups is 5. The Morgan fingerprint density at radius 1 is 0.933 bits per heavy atom. The van der Waals surface area contributed by atoms with E-state index in [9.17, 15) is 24.0 Å². The van der Waals surface area contributed by atoms with Crippen molar-refractivity contribution >= 4 is 41.3 Å². The number of methoxy groups -OCH3 is 1. The molecular weight excluding hydrogens is 594 g/mol. The van der Waals surface area contributed by atoms with Gasteiger partial charge in [0.15, 0.2) is 0 Å². The molecule has 1 fully saturated rings. The van der Waals surface area contributed by atoms with Crippen LogP contribution in [-0.4, -0.2) is 84.6 Å². The van der Waals surface area contributed by atoms with E-state index >= 15 is 0 Å². The van der Waals surface area contributed by atoms with Gasteiger partial charge in [0.05, 0.1) is 19.4 Å². The molecule has 0 bridgehead atoms. The second kappa shape index (κ2) is 17.4. The van der Waals surface area contributed by atoms with Crippen LogP contribution in [0.5, 0.6) is 5.75 Å². The summed E-state index contributed by atoms with van der Waals surface area (Å²) in [7, 11) is 1.57. The number of hydrogen-bond acceptors (Lipinski definition) is 7. The Kier molecular flexibility index (Phi) is 13.7. The summed E-state index contributed by atoms with van der Waals surface area (Å²) in [4.78, 5) is 69.2. The molecular formula is C33H45N5O6S. The first kappa shape index (κ1) is 35.4. The zero-order valence-electron chi connectivity index (χ0n) is 26.6. The number of amides is 5. The third-order valence-corrected chi connectivity index (χ3v) is 8.38. The topological polar surface area (TPSA) is 146 Å². The van der Waals surface area contributed by atoms with Crippen LogP contribution >= 0.6 is 11.8 Å². The summed E-state index contributed by atoms with van der Waals surface area (Å²) >= 11 is 1.31. The van der Waals surface area contributed by atoms with E-state index < -0.39 is 47.8 Å². The van der Waals surface area contributed by atoms with Gasteiger partial charge in [0, 0.05) is 23.9 Å². The van der Waals surface area contributed by atoms with E-state index in [0.717, 1.165) is 10.5 Å². The van der Waals surface area contributed by atoms with Crippen molar-refractivity contribution in [3.63, 3.8) is 0 Å². The number of ether oxygens (including phenoxy) is 1. The van der Waals surface area contributed by atoms with E-state index in [0.29, 0.717) is 18.6 Å². The molecule has 1 aliphatic heterocycles. The van der Waals surface area contributed by atoms with Crippen molar-refractivity contribution in [2.75, 3.05) is 26.0 Å². The molecule has 1 saturated heterocycles. The van der Waals surface area contributed by atoms with E-state index in [4.69, 9.17) is 4.74 Å². The number of carbonyl (C=O) groups excluding carboxylic acids is 5. The predicted molar refractivity (Wildman–Crippen MR) is 174 cm³/mol. The molecule has 0 unspecified atom stereocenters. The third kappa shape index (κ3) is 11.4. The molecule has 5 amide bonds. The fourth-order valence-corrected chi connectivity index (χ4v) is 5.73. The fourth-order valence-electron chi connectivity index (χ4n) is 4.88. The molecule has 3 rings (SSSR count). The summed E-state index contributed by atoms with van der Waals surface area (Å²) in [5.74, 6) is -1.51. The number of hydrogen-bond donors (Lipinski definition) is 4. The number of nitrogens with one attached hydrogen (secondary N) is 4. The highest BCUT2D eigenvalue weighted by atomic mass is 32.2. The van der Waals surface area contributed by atoms with Gasteiger partial charge in [-0.05, 0) is 49.4 Å². The number of nitrogens with zero attached hydrogens (tertiary/aromatic N) is 1. The minimum Gasteiger partial charge on any atom is -0.497 e. The lowest BCUT2D eigenvalue weighted by Gasteiger charge is -2.29. The highest BCUT2D eigenvalue weighted by molar-refractivity contribution is 8.00. The van der Waals surface area contributed by atoms with Crippen LogP contribution in [0.25, 0.3) is 0 Å². The maximum Gasteiger partial charge on any atom is 0.243 e. The van der Waals surface area contributed by atoms with Crippen molar-refractivity contribution in [1.29, 1.82) is 0 Å². The van der Waals surface area contributed by atoms with E-state index in [1.165, 1.54) is 23.6 Å². The molecule has 2 aromatic carbocycles. The maximum atomic E-state index is 13.7. The molecule has 4 atom stereocenters. The van der Waals surface area contributed by atoms with E-state index in [2.05, 4.69) is 21.3 Å². The van der Waals surface area contributed by atoms with Crippen molar-refractivity contribution in [2.24, 2.45) is 5.92 Å². The molecule has 0 saturated carbocycles. The van der Waals surface area contributed by atoms with Gasteiger partial charge in [-0.2, -0.15) is 0 Å². The number of thioether (sulfide) groups is 1. The Morgan fingerprint density at radius 2 is 1.62 bits per heavy atom. The Morgan fingerprint density at radius 3 is 2.29 bits per heavy atom. The minimum atomic E-state index is -0.963. The van der Waals surface area contributed by atoms with Gasteiger partial charge < -0.3 is 30.9 Å². The Balaban J connectivity index is 1.90. The molecule has 0 spiro atoms. The van der Waals surface area contributed by atoms with Crippen molar-refractivity contribution in [3.8, 4) is 5.75 Å². The van der Waals surface area contributed by atoms with Gasteiger partial charge in [-0.15, -0.1) is 11.8 Å². The summed E-state index contributed by atoms with van der Waals surface area (Å²) < 4.78 is 5.27. The molecule has 2 aromatic rings. The van der Waals surface area contributed by atoms with Crippen LogP contribution in [0.15, 0.2) is 59.5 Å². The van der Waals surface area contributed by atoms with Gasteiger partial charge in [-0.25, -0.2) is 0 Å². The maximum absolute atomic E-state index is 13.7. The average Bonchev–Trinajstić information content (AvgIpc) is 3.02. The molecule has 0 aromatic heterocycles. The van der Waals surface area contributed by atoms with Crippen LogP contribution in [0.4, 0.5) is 0 Å². The lowest BCUT2D eigenvalue weighted by molar-refractivity contribution is -0.136. The third-order valence-electron chi connectivity index (χ3n) is 7.40. The first-order valence-electron chi connectivity index (χ1n) is 15.3. The molecule has 0 radical (unpaired) electrons. The highest BCUT2D eigenvalue weighted by Crippen LogP contribution is 2.23. The molecule has 11 nitrogen and oxygen atoms in total. The van der Waals surface area contributed by atoms with Crippen LogP contribution in [-0.2, 0) is 30.4 Å². The molecule has 1 aliphatic rings. The summed E-state index contributed by atoms with van der Waals surface area (Å²) in [6.45, 7) is 7.02. The summed E-state index contributed by atoms with van der Waals surface area (Å²) in [5.41, 5.74) is 0.850. The fraction of sp³-hybridized carbons (Fsp3) is 0.485. The van der Waals surface area contributed by atoms with Crippen molar-refractivity contribution in [2.45, 2.75) is 76.0 Å². The minimum absolute atomic E-state index is 0.0461.